The lowest BCUT2D eigenvalue weighted by Gasteiger charge is -2.31. The van der Waals surface area contributed by atoms with Gasteiger partial charge in [-0.2, -0.15) is 18.4 Å². The molecular formula is C24H23F3N6O3S. The van der Waals surface area contributed by atoms with Gasteiger partial charge in [0.25, 0.3) is 0 Å². The van der Waals surface area contributed by atoms with Crippen LogP contribution in [0.25, 0.3) is 11.3 Å². The van der Waals surface area contributed by atoms with Crippen LogP contribution in [-0.2, 0) is 20.9 Å². The van der Waals surface area contributed by atoms with E-state index in [2.05, 4.69) is 15.3 Å². The average Bonchev–Trinajstić information content (AvgIpc) is 2.87. The van der Waals surface area contributed by atoms with Crippen LogP contribution < -0.4 is 14.5 Å². The van der Waals surface area contributed by atoms with E-state index in [9.17, 15) is 21.6 Å². The number of nitrogens with zero attached hydrogens (tertiary/aromatic N) is 5. The highest BCUT2D eigenvalue weighted by atomic mass is 32.2. The van der Waals surface area contributed by atoms with Gasteiger partial charge in [0.05, 0.1) is 42.5 Å². The van der Waals surface area contributed by atoms with Crippen molar-refractivity contribution in [3.63, 3.8) is 0 Å². The number of anilines is 4. The molecule has 0 spiro atoms. The second-order valence-electron chi connectivity index (χ2n) is 8.19. The monoisotopic (exact) mass is 532 g/mol. The number of halogens is 3. The van der Waals surface area contributed by atoms with Crippen molar-refractivity contribution in [1.82, 2.24) is 9.97 Å². The number of morpholine rings is 1. The largest absolute Gasteiger partial charge is 0.418 e. The van der Waals surface area contributed by atoms with E-state index in [1.54, 1.807) is 41.3 Å². The van der Waals surface area contributed by atoms with Crippen molar-refractivity contribution in [2.75, 3.05) is 53.6 Å². The molecule has 37 heavy (non-hydrogen) atoms. The highest BCUT2D eigenvalue weighted by Crippen LogP contribution is 2.39. The normalized spacial score (nSPS) is 14.2. The van der Waals surface area contributed by atoms with Gasteiger partial charge in [0.1, 0.15) is 6.54 Å². The minimum atomic E-state index is -4.55. The van der Waals surface area contributed by atoms with Crippen molar-refractivity contribution in [3.05, 3.63) is 60.3 Å². The maximum Gasteiger partial charge on any atom is 0.418 e. The van der Waals surface area contributed by atoms with E-state index in [0.29, 0.717) is 43.2 Å². The van der Waals surface area contributed by atoms with E-state index in [0.717, 1.165) is 16.6 Å². The summed E-state index contributed by atoms with van der Waals surface area (Å²) >= 11 is 0. The molecule has 1 N–H and O–H groups in total. The van der Waals surface area contributed by atoms with Crippen LogP contribution in [0.5, 0.6) is 0 Å². The van der Waals surface area contributed by atoms with Gasteiger partial charge in [-0.15, -0.1) is 0 Å². The number of ether oxygens (including phenoxy) is 1. The Morgan fingerprint density at radius 2 is 1.84 bits per heavy atom. The van der Waals surface area contributed by atoms with E-state index in [1.165, 1.54) is 12.3 Å². The highest BCUT2D eigenvalue weighted by molar-refractivity contribution is 7.92. The summed E-state index contributed by atoms with van der Waals surface area (Å²) in [5, 5.41) is 11.8. The molecule has 0 radical (unpaired) electrons. The second-order valence-corrected chi connectivity index (χ2v) is 10.1. The Hall–Kier alpha value is -3.89. The van der Waals surface area contributed by atoms with Gasteiger partial charge in [0.15, 0.2) is 0 Å². The lowest BCUT2D eigenvalue weighted by molar-refractivity contribution is -0.137. The van der Waals surface area contributed by atoms with Gasteiger partial charge in [-0.1, -0.05) is 12.1 Å². The lowest BCUT2D eigenvalue weighted by Crippen LogP contribution is -2.37. The number of hydrogen-bond donors (Lipinski definition) is 1. The number of sulfonamides is 1. The molecule has 0 atom stereocenters. The Labute approximate surface area is 212 Å². The summed E-state index contributed by atoms with van der Waals surface area (Å²) in [5.74, 6) is 0.0936. The SMILES string of the molecule is CS(=O)(=O)N(CC#N)c1ccc(-c2ccnc(Nc3ccc(N4CCOCC4)c(C(F)(F)F)c3)n2)cc1. The van der Waals surface area contributed by atoms with Gasteiger partial charge in [-0.05, 0) is 36.4 Å². The molecule has 0 bridgehead atoms. The van der Waals surface area contributed by atoms with Crippen molar-refractivity contribution in [2.45, 2.75) is 6.18 Å². The third-order valence-electron chi connectivity index (χ3n) is 5.63. The summed E-state index contributed by atoms with van der Waals surface area (Å²) in [6.07, 6.45) is -2.08. The third-order valence-corrected chi connectivity index (χ3v) is 6.77. The fourth-order valence-corrected chi connectivity index (χ4v) is 4.69. The molecule has 1 aliphatic heterocycles. The van der Waals surface area contributed by atoms with Crippen LogP contribution in [0.1, 0.15) is 5.56 Å². The van der Waals surface area contributed by atoms with Crippen LogP contribution in [0.4, 0.5) is 36.2 Å². The van der Waals surface area contributed by atoms with E-state index in [-0.39, 0.29) is 23.9 Å². The Kier molecular flexibility index (Phi) is 7.51. The summed E-state index contributed by atoms with van der Waals surface area (Å²) in [6.45, 7) is 1.15. The molecule has 1 aliphatic rings. The molecule has 1 saturated heterocycles. The molecule has 9 nitrogen and oxygen atoms in total. The summed E-state index contributed by atoms with van der Waals surface area (Å²) in [7, 11) is -3.64. The van der Waals surface area contributed by atoms with Gasteiger partial charge in [0.2, 0.25) is 16.0 Å². The number of nitriles is 1. The van der Waals surface area contributed by atoms with Crippen LogP contribution in [0, 0.1) is 11.3 Å². The van der Waals surface area contributed by atoms with Crippen molar-refractivity contribution >= 4 is 33.0 Å². The van der Waals surface area contributed by atoms with Crippen LogP contribution in [0.15, 0.2) is 54.7 Å². The second kappa shape index (κ2) is 10.6. The average molecular weight is 533 g/mol. The van der Waals surface area contributed by atoms with Crippen molar-refractivity contribution < 1.29 is 26.3 Å². The maximum absolute atomic E-state index is 13.8. The molecule has 194 valence electrons. The topological polar surface area (TPSA) is 111 Å². The van der Waals surface area contributed by atoms with Crippen LogP contribution >= 0.6 is 0 Å². The van der Waals surface area contributed by atoms with Gasteiger partial charge >= 0.3 is 6.18 Å². The highest BCUT2D eigenvalue weighted by Gasteiger charge is 2.35. The first kappa shape index (κ1) is 26.2. The van der Waals surface area contributed by atoms with Crippen LogP contribution in [0.3, 0.4) is 0 Å². The van der Waals surface area contributed by atoms with Crippen LogP contribution in [-0.4, -0.2) is 57.5 Å². The van der Waals surface area contributed by atoms with E-state index >= 15 is 0 Å². The van der Waals surface area contributed by atoms with Crippen molar-refractivity contribution in [2.24, 2.45) is 0 Å². The Balaban J connectivity index is 1.58. The van der Waals surface area contributed by atoms with Gasteiger partial charge in [0, 0.05) is 36.2 Å². The predicted molar refractivity (Wildman–Crippen MR) is 133 cm³/mol. The predicted octanol–water partition coefficient (Wildman–Crippen LogP) is 4.03. The molecule has 0 saturated carbocycles. The number of alkyl halides is 3. The molecule has 13 heteroatoms. The van der Waals surface area contributed by atoms with Gasteiger partial charge in [-0.25, -0.2) is 18.4 Å². The molecule has 4 rings (SSSR count). The fourth-order valence-electron chi connectivity index (χ4n) is 3.89. The smallest absolute Gasteiger partial charge is 0.378 e. The fraction of sp³-hybridized carbons (Fsp3) is 0.292. The minimum absolute atomic E-state index is 0.0932. The molecule has 0 aliphatic carbocycles. The standard InChI is InChI=1S/C24H23F3N6O3S/c1-37(34,35)33(11-9-28)19-5-2-17(3-6-19)21-8-10-29-23(31-21)30-18-4-7-22(20(16-18)24(25,26)27)32-12-14-36-15-13-32/h2-8,10,16H,11-15H2,1H3,(H,29,30,31). The Morgan fingerprint density at radius 3 is 2.46 bits per heavy atom. The zero-order valence-corrected chi connectivity index (χ0v) is 20.6. The quantitative estimate of drug-likeness (QED) is 0.454. The first-order valence-electron chi connectivity index (χ1n) is 11.2. The number of aromatic nitrogens is 2. The van der Waals surface area contributed by atoms with Crippen molar-refractivity contribution in [1.29, 1.82) is 5.26 Å². The molecule has 3 aromatic rings. The molecule has 1 aromatic heterocycles. The van der Waals surface area contributed by atoms with Crippen molar-refractivity contribution in [3.8, 4) is 17.3 Å². The Bertz CT molecular complexity index is 1400. The molecule has 2 heterocycles. The first-order chi connectivity index (χ1) is 17.6. The zero-order valence-electron chi connectivity index (χ0n) is 19.7. The zero-order chi connectivity index (χ0) is 26.6. The molecule has 1 fully saturated rings. The van der Waals surface area contributed by atoms with E-state index < -0.39 is 21.8 Å². The summed E-state index contributed by atoms with van der Waals surface area (Å²) in [5.41, 5.74) is 0.918. The number of rotatable bonds is 7. The minimum Gasteiger partial charge on any atom is -0.378 e. The van der Waals surface area contributed by atoms with E-state index in [1.807, 2.05) is 6.07 Å². The first-order valence-corrected chi connectivity index (χ1v) is 13.0. The summed E-state index contributed by atoms with van der Waals surface area (Å²) in [4.78, 5) is 10.2. The number of nitrogens with one attached hydrogen (secondary N) is 1. The van der Waals surface area contributed by atoms with Crippen LogP contribution in [0.2, 0.25) is 0 Å². The maximum atomic E-state index is 13.8. The number of hydrogen-bond acceptors (Lipinski definition) is 8. The Morgan fingerprint density at radius 1 is 1.14 bits per heavy atom. The third kappa shape index (κ3) is 6.28. The molecular weight excluding hydrogens is 509 g/mol. The summed E-state index contributed by atoms with van der Waals surface area (Å²) in [6, 6.07) is 13.8. The summed E-state index contributed by atoms with van der Waals surface area (Å²) < 4.78 is 71.7. The number of benzene rings is 2. The molecule has 2 aromatic carbocycles. The van der Waals surface area contributed by atoms with Gasteiger partial charge in [-0.3, -0.25) is 4.31 Å². The molecule has 0 amide bonds. The van der Waals surface area contributed by atoms with E-state index in [4.69, 9.17) is 10.00 Å². The lowest BCUT2D eigenvalue weighted by atomic mass is 10.1. The molecule has 0 unspecified atom stereocenters. The van der Waals surface area contributed by atoms with Gasteiger partial charge < -0.3 is 15.0 Å².